The third-order valence-electron chi connectivity index (χ3n) is 7.62. The highest BCUT2D eigenvalue weighted by Gasteiger charge is 2.48. The zero-order valence-electron chi connectivity index (χ0n) is 18.3. The van der Waals surface area contributed by atoms with E-state index in [2.05, 4.69) is 74.5 Å². The van der Waals surface area contributed by atoms with Gasteiger partial charge in [-0.3, -0.25) is 0 Å². The van der Waals surface area contributed by atoms with Crippen LogP contribution >= 0.6 is 0 Å². The number of fused-ring (bicyclic) bond motifs is 3. The maximum atomic E-state index is 5.77. The molecule has 0 aliphatic heterocycles. The van der Waals surface area contributed by atoms with E-state index in [9.17, 15) is 0 Å². The predicted octanol–water partition coefficient (Wildman–Crippen LogP) is 8.09. The van der Waals surface area contributed by atoms with Crippen molar-refractivity contribution in [3.05, 3.63) is 66.2 Å². The molecule has 0 aromatic heterocycles. The lowest BCUT2D eigenvalue weighted by atomic mass is 9.51. The monoisotopic (exact) mass is 388 g/mol. The number of benzene rings is 2. The number of hydrogen-bond acceptors (Lipinski definition) is 1. The van der Waals surface area contributed by atoms with Gasteiger partial charge in [0.1, 0.15) is 12.4 Å². The van der Waals surface area contributed by atoms with Gasteiger partial charge >= 0.3 is 0 Å². The number of rotatable bonds is 8. The van der Waals surface area contributed by atoms with Crippen LogP contribution in [0, 0.1) is 5.41 Å². The molecule has 0 spiro atoms. The molecular formula is C28H36O. The molecule has 29 heavy (non-hydrogen) atoms. The van der Waals surface area contributed by atoms with E-state index < -0.39 is 0 Å². The zero-order chi connectivity index (χ0) is 20.2. The van der Waals surface area contributed by atoms with Crippen LogP contribution in [0.1, 0.15) is 77.2 Å². The van der Waals surface area contributed by atoms with Crippen LogP contribution in [0.4, 0.5) is 0 Å². The second kappa shape index (κ2) is 8.78. The van der Waals surface area contributed by atoms with Crippen LogP contribution < -0.4 is 4.74 Å². The van der Waals surface area contributed by atoms with E-state index >= 15 is 0 Å². The zero-order valence-corrected chi connectivity index (χ0v) is 18.3. The molecule has 1 nitrogen and oxygen atoms in total. The smallest absolute Gasteiger partial charge is 0.119 e. The van der Waals surface area contributed by atoms with Gasteiger partial charge in [-0.1, -0.05) is 68.8 Å². The summed E-state index contributed by atoms with van der Waals surface area (Å²) in [5.41, 5.74) is 5.28. The number of allylic oxidation sites excluding steroid dienone is 1. The largest absolute Gasteiger partial charge is 0.490 e. The molecule has 3 fully saturated rings. The molecule has 1 heteroatoms. The Morgan fingerprint density at radius 1 is 0.759 bits per heavy atom. The summed E-state index contributed by atoms with van der Waals surface area (Å²) in [5.74, 6) is 0.935. The van der Waals surface area contributed by atoms with Gasteiger partial charge in [-0.15, -0.1) is 0 Å². The van der Waals surface area contributed by atoms with Gasteiger partial charge in [-0.2, -0.15) is 0 Å². The van der Waals surface area contributed by atoms with Crippen LogP contribution in [0.5, 0.6) is 5.75 Å². The molecule has 0 amide bonds. The van der Waals surface area contributed by atoms with E-state index in [-0.39, 0.29) is 0 Å². The average Bonchev–Trinajstić information content (AvgIpc) is 2.79. The van der Waals surface area contributed by atoms with Crippen LogP contribution in [0.3, 0.4) is 0 Å². The summed E-state index contributed by atoms with van der Waals surface area (Å²) < 4.78 is 5.77. The van der Waals surface area contributed by atoms with E-state index in [0.717, 1.165) is 12.2 Å². The fourth-order valence-corrected chi connectivity index (χ4v) is 5.74. The van der Waals surface area contributed by atoms with Gasteiger partial charge in [0.15, 0.2) is 0 Å². The highest BCUT2D eigenvalue weighted by Crippen LogP contribution is 2.59. The van der Waals surface area contributed by atoms with Crippen molar-refractivity contribution >= 4 is 0 Å². The van der Waals surface area contributed by atoms with Crippen LogP contribution in [0.15, 0.2) is 60.7 Å². The Labute approximate surface area is 177 Å². The van der Waals surface area contributed by atoms with Gasteiger partial charge in [0, 0.05) is 0 Å². The Bertz CT molecular complexity index is 788. The van der Waals surface area contributed by atoms with E-state index in [1.54, 1.807) is 5.56 Å². The van der Waals surface area contributed by atoms with E-state index in [1.165, 1.54) is 62.5 Å². The second-order valence-corrected chi connectivity index (χ2v) is 9.32. The van der Waals surface area contributed by atoms with Crippen molar-refractivity contribution in [1.29, 1.82) is 0 Å². The maximum Gasteiger partial charge on any atom is 0.119 e. The second-order valence-electron chi connectivity index (χ2n) is 9.32. The summed E-state index contributed by atoms with van der Waals surface area (Å²) >= 11 is 0. The molecule has 3 aliphatic rings. The molecule has 154 valence electrons. The minimum atomic E-state index is 0.456. The van der Waals surface area contributed by atoms with Gasteiger partial charge in [0.25, 0.3) is 0 Å². The summed E-state index contributed by atoms with van der Waals surface area (Å²) in [7, 11) is 0. The molecule has 0 atom stereocenters. The first-order valence-corrected chi connectivity index (χ1v) is 11.7. The lowest BCUT2D eigenvalue weighted by molar-refractivity contribution is 0.0320. The van der Waals surface area contributed by atoms with E-state index in [0.29, 0.717) is 17.4 Å². The van der Waals surface area contributed by atoms with Crippen molar-refractivity contribution in [3.8, 4) is 16.9 Å². The molecular weight excluding hydrogens is 352 g/mol. The Morgan fingerprint density at radius 2 is 1.34 bits per heavy atom. The van der Waals surface area contributed by atoms with Crippen molar-refractivity contribution in [2.45, 2.75) is 77.0 Å². The molecule has 0 unspecified atom stereocenters. The molecule has 0 heterocycles. The highest BCUT2D eigenvalue weighted by atomic mass is 16.5. The quantitative estimate of drug-likeness (QED) is 0.415. The molecule has 0 N–H and O–H groups in total. The number of hydrogen-bond donors (Lipinski definition) is 0. The molecule has 2 bridgehead atoms. The Morgan fingerprint density at radius 3 is 1.90 bits per heavy atom. The molecule has 0 saturated heterocycles. The van der Waals surface area contributed by atoms with Crippen LogP contribution in [-0.2, 0) is 5.41 Å². The van der Waals surface area contributed by atoms with Gasteiger partial charge < -0.3 is 4.74 Å². The SMILES string of the molecule is CCC=CCOc1ccc(-c2ccc(C34CCC(CCC)(CC3)CC4)cc2)cc1. The maximum absolute atomic E-state index is 5.77. The summed E-state index contributed by atoms with van der Waals surface area (Å²) in [6.45, 7) is 5.13. The molecule has 5 rings (SSSR count). The molecule has 0 radical (unpaired) electrons. The third-order valence-corrected chi connectivity index (χ3v) is 7.62. The Hall–Kier alpha value is -2.02. The normalized spacial score (nSPS) is 26.1. The summed E-state index contributed by atoms with van der Waals surface area (Å²) in [4.78, 5) is 0. The van der Waals surface area contributed by atoms with Crippen LogP contribution in [-0.4, -0.2) is 6.61 Å². The first-order chi connectivity index (χ1) is 14.2. The molecule has 3 aliphatic carbocycles. The third kappa shape index (κ3) is 4.29. The van der Waals surface area contributed by atoms with Crippen LogP contribution in [0.2, 0.25) is 0 Å². The Kier molecular flexibility index (Phi) is 6.13. The van der Waals surface area contributed by atoms with E-state index in [1.807, 2.05) is 0 Å². The van der Waals surface area contributed by atoms with Crippen LogP contribution in [0.25, 0.3) is 11.1 Å². The highest BCUT2D eigenvalue weighted by molar-refractivity contribution is 5.64. The van der Waals surface area contributed by atoms with Crippen molar-refractivity contribution in [2.24, 2.45) is 5.41 Å². The lowest BCUT2D eigenvalue weighted by Gasteiger charge is -2.54. The average molecular weight is 389 g/mol. The number of ether oxygens (including phenoxy) is 1. The standard InChI is InChI=1S/C28H36O/c1-3-5-6-22-29-26-13-9-24(10-14-26)23-7-11-25(12-8-23)28-19-16-27(15-4-2,17-20-28)18-21-28/h5-14H,3-4,15-22H2,1-2H3. The Balaban J connectivity index is 1.42. The van der Waals surface area contributed by atoms with Crippen molar-refractivity contribution in [1.82, 2.24) is 0 Å². The molecule has 3 saturated carbocycles. The first kappa shape index (κ1) is 20.3. The summed E-state index contributed by atoms with van der Waals surface area (Å²) in [6.07, 6.45) is 16.6. The van der Waals surface area contributed by atoms with Gasteiger partial charge in [-0.05, 0) is 91.0 Å². The molecule has 2 aromatic carbocycles. The van der Waals surface area contributed by atoms with Crippen molar-refractivity contribution in [2.75, 3.05) is 6.61 Å². The predicted molar refractivity (Wildman–Crippen MR) is 124 cm³/mol. The fraction of sp³-hybridized carbons (Fsp3) is 0.500. The fourth-order valence-electron chi connectivity index (χ4n) is 5.74. The topological polar surface area (TPSA) is 9.23 Å². The summed E-state index contributed by atoms with van der Waals surface area (Å²) in [5, 5.41) is 0. The van der Waals surface area contributed by atoms with Gasteiger partial charge in [0.05, 0.1) is 0 Å². The van der Waals surface area contributed by atoms with Crippen molar-refractivity contribution in [3.63, 3.8) is 0 Å². The molecule has 2 aromatic rings. The minimum absolute atomic E-state index is 0.456. The minimum Gasteiger partial charge on any atom is -0.490 e. The first-order valence-electron chi connectivity index (χ1n) is 11.7. The summed E-state index contributed by atoms with van der Waals surface area (Å²) in [6, 6.07) is 18.0. The lowest BCUT2D eigenvalue weighted by Crippen LogP contribution is -2.44. The van der Waals surface area contributed by atoms with E-state index in [4.69, 9.17) is 4.74 Å². The van der Waals surface area contributed by atoms with Gasteiger partial charge in [0.2, 0.25) is 0 Å². The van der Waals surface area contributed by atoms with Crippen molar-refractivity contribution < 1.29 is 4.74 Å². The van der Waals surface area contributed by atoms with Gasteiger partial charge in [-0.25, -0.2) is 0 Å².